The molecule has 4 nitrogen and oxygen atoms in total. The number of carbonyl (C=O) groups excluding carboxylic acids is 1. The van der Waals surface area contributed by atoms with Gasteiger partial charge in [-0.25, -0.2) is 0 Å². The summed E-state index contributed by atoms with van der Waals surface area (Å²) >= 11 is 0. The predicted octanol–water partition coefficient (Wildman–Crippen LogP) is 1.98. The van der Waals surface area contributed by atoms with Crippen LogP contribution in [0.3, 0.4) is 0 Å². The first-order valence-electron chi connectivity index (χ1n) is 5.42. The number of carbonyl (C=O) groups is 1. The molecule has 0 radical (unpaired) electrons. The summed E-state index contributed by atoms with van der Waals surface area (Å²) < 4.78 is 0. The highest BCUT2D eigenvalue weighted by Crippen LogP contribution is 2.11. The maximum absolute atomic E-state index is 12.1. The Bertz CT molecular complexity index is 332. The number of hydrogen-bond acceptors (Lipinski definition) is 2. The van der Waals surface area contributed by atoms with Gasteiger partial charge in [-0.15, -0.1) is 0 Å². The van der Waals surface area contributed by atoms with Crippen LogP contribution in [0, 0.1) is 6.92 Å². The first-order chi connectivity index (χ1) is 7.11. The zero-order valence-electron chi connectivity index (χ0n) is 9.87. The first-order valence-corrected chi connectivity index (χ1v) is 5.42. The molecule has 0 aromatic carbocycles. The van der Waals surface area contributed by atoms with Gasteiger partial charge < -0.3 is 4.90 Å². The zero-order valence-corrected chi connectivity index (χ0v) is 9.87. The summed E-state index contributed by atoms with van der Waals surface area (Å²) in [6.07, 6.45) is 2.57. The van der Waals surface area contributed by atoms with Crippen molar-refractivity contribution >= 4 is 5.91 Å². The number of nitrogens with zero attached hydrogens (tertiary/aromatic N) is 2. The molecule has 1 unspecified atom stereocenters. The molecular weight excluding hydrogens is 190 g/mol. The van der Waals surface area contributed by atoms with Crippen LogP contribution in [0.5, 0.6) is 0 Å². The molecule has 0 spiro atoms. The van der Waals surface area contributed by atoms with Crippen LogP contribution in [0.1, 0.15) is 43.2 Å². The van der Waals surface area contributed by atoms with Crippen molar-refractivity contribution < 1.29 is 4.79 Å². The van der Waals surface area contributed by atoms with Gasteiger partial charge in [0.15, 0.2) is 0 Å². The van der Waals surface area contributed by atoms with E-state index in [-0.39, 0.29) is 11.9 Å². The second-order valence-electron chi connectivity index (χ2n) is 3.76. The molecule has 1 atom stereocenters. The molecule has 0 fully saturated rings. The second-order valence-corrected chi connectivity index (χ2v) is 3.76. The van der Waals surface area contributed by atoms with Crippen LogP contribution in [0.15, 0.2) is 6.20 Å². The summed E-state index contributed by atoms with van der Waals surface area (Å²) in [5, 5.41) is 6.66. The van der Waals surface area contributed by atoms with E-state index in [4.69, 9.17) is 0 Å². The van der Waals surface area contributed by atoms with E-state index in [9.17, 15) is 4.79 Å². The second kappa shape index (κ2) is 4.96. The smallest absolute Gasteiger partial charge is 0.257 e. The van der Waals surface area contributed by atoms with Gasteiger partial charge in [-0.05, 0) is 27.2 Å². The van der Waals surface area contributed by atoms with Crippen molar-refractivity contribution in [3.05, 3.63) is 17.5 Å². The minimum Gasteiger partial charge on any atom is -0.336 e. The fraction of sp³-hybridized carbons (Fsp3) is 0.636. The fourth-order valence-corrected chi connectivity index (χ4v) is 1.60. The normalized spacial score (nSPS) is 12.5. The third-order valence-corrected chi connectivity index (χ3v) is 2.78. The molecule has 84 valence electrons. The van der Waals surface area contributed by atoms with Crippen molar-refractivity contribution in [3.8, 4) is 0 Å². The summed E-state index contributed by atoms with van der Waals surface area (Å²) in [5.41, 5.74) is 1.51. The summed E-state index contributed by atoms with van der Waals surface area (Å²) in [4.78, 5) is 14.0. The number of H-pyrrole nitrogens is 1. The SMILES string of the molecule is CCC(C)N(CC)C(=O)c1cn[nH]c1C. The average molecular weight is 209 g/mol. The Balaban J connectivity index is 2.87. The Morgan fingerprint density at radius 2 is 2.27 bits per heavy atom. The molecule has 0 aliphatic heterocycles. The molecule has 1 N–H and O–H groups in total. The highest BCUT2D eigenvalue weighted by molar-refractivity contribution is 5.95. The van der Waals surface area contributed by atoms with E-state index in [1.165, 1.54) is 0 Å². The van der Waals surface area contributed by atoms with Gasteiger partial charge in [-0.2, -0.15) is 5.10 Å². The van der Waals surface area contributed by atoms with Gasteiger partial charge in [0.05, 0.1) is 11.8 Å². The van der Waals surface area contributed by atoms with Gasteiger partial charge in [0.1, 0.15) is 0 Å². The molecule has 0 aliphatic carbocycles. The maximum Gasteiger partial charge on any atom is 0.257 e. The number of aryl methyl sites for hydroxylation is 1. The summed E-state index contributed by atoms with van der Waals surface area (Å²) in [5.74, 6) is 0.0677. The van der Waals surface area contributed by atoms with Crippen molar-refractivity contribution in [3.63, 3.8) is 0 Å². The molecule has 15 heavy (non-hydrogen) atoms. The predicted molar refractivity (Wildman–Crippen MR) is 59.8 cm³/mol. The topological polar surface area (TPSA) is 49.0 Å². The lowest BCUT2D eigenvalue weighted by Gasteiger charge is -2.26. The van der Waals surface area contributed by atoms with Gasteiger partial charge in [0, 0.05) is 18.3 Å². The highest BCUT2D eigenvalue weighted by Gasteiger charge is 2.20. The monoisotopic (exact) mass is 209 g/mol. The molecule has 1 aromatic heterocycles. The first kappa shape index (κ1) is 11.8. The van der Waals surface area contributed by atoms with Gasteiger partial charge in [-0.3, -0.25) is 9.89 Å². The van der Waals surface area contributed by atoms with E-state index in [0.717, 1.165) is 18.7 Å². The third kappa shape index (κ3) is 2.37. The van der Waals surface area contributed by atoms with E-state index in [0.29, 0.717) is 5.56 Å². The Kier molecular flexibility index (Phi) is 3.88. The molecule has 0 saturated heterocycles. The van der Waals surface area contributed by atoms with Crippen molar-refractivity contribution in [2.24, 2.45) is 0 Å². The summed E-state index contributed by atoms with van der Waals surface area (Å²) in [6.45, 7) is 8.75. The van der Waals surface area contributed by atoms with Crippen LogP contribution in [0.2, 0.25) is 0 Å². The van der Waals surface area contributed by atoms with Crippen LogP contribution in [-0.2, 0) is 0 Å². The van der Waals surface area contributed by atoms with Gasteiger partial charge in [0.2, 0.25) is 0 Å². The average Bonchev–Trinajstić information content (AvgIpc) is 2.65. The number of hydrogen-bond donors (Lipinski definition) is 1. The molecule has 1 rings (SSSR count). The number of nitrogens with one attached hydrogen (secondary N) is 1. The third-order valence-electron chi connectivity index (χ3n) is 2.78. The molecule has 4 heteroatoms. The Labute approximate surface area is 90.7 Å². The largest absolute Gasteiger partial charge is 0.336 e. The number of rotatable bonds is 4. The van der Waals surface area contributed by atoms with Gasteiger partial charge in [-0.1, -0.05) is 6.92 Å². The van der Waals surface area contributed by atoms with Gasteiger partial charge >= 0.3 is 0 Å². The molecule has 1 heterocycles. The van der Waals surface area contributed by atoms with E-state index < -0.39 is 0 Å². The van der Waals surface area contributed by atoms with Crippen LogP contribution in [-0.4, -0.2) is 33.6 Å². The fourth-order valence-electron chi connectivity index (χ4n) is 1.60. The Hall–Kier alpha value is -1.32. The maximum atomic E-state index is 12.1. The molecular formula is C11H19N3O. The van der Waals surface area contributed by atoms with Crippen molar-refractivity contribution in [1.29, 1.82) is 0 Å². The van der Waals surface area contributed by atoms with Crippen LogP contribution >= 0.6 is 0 Å². The van der Waals surface area contributed by atoms with E-state index >= 15 is 0 Å². The van der Waals surface area contributed by atoms with E-state index in [1.54, 1.807) is 6.20 Å². The lowest BCUT2D eigenvalue weighted by atomic mass is 10.1. The van der Waals surface area contributed by atoms with E-state index in [2.05, 4.69) is 24.0 Å². The number of aromatic amines is 1. The number of amides is 1. The molecule has 0 saturated carbocycles. The minimum absolute atomic E-state index is 0.0677. The Morgan fingerprint density at radius 1 is 1.60 bits per heavy atom. The van der Waals surface area contributed by atoms with Crippen LogP contribution in [0.4, 0.5) is 0 Å². The van der Waals surface area contributed by atoms with Crippen molar-refractivity contribution in [1.82, 2.24) is 15.1 Å². The van der Waals surface area contributed by atoms with Crippen LogP contribution in [0.25, 0.3) is 0 Å². The van der Waals surface area contributed by atoms with Crippen molar-refractivity contribution in [2.45, 2.75) is 40.2 Å². The number of aromatic nitrogens is 2. The van der Waals surface area contributed by atoms with Crippen molar-refractivity contribution in [2.75, 3.05) is 6.54 Å². The quantitative estimate of drug-likeness (QED) is 0.824. The van der Waals surface area contributed by atoms with Crippen LogP contribution < -0.4 is 0 Å². The van der Waals surface area contributed by atoms with Gasteiger partial charge in [0.25, 0.3) is 5.91 Å². The lowest BCUT2D eigenvalue weighted by molar-refractivity contribution is 0.0699. The highest BCUT2D eigenvalue weighted by atomic mass is 16.2. The molecule has 1 amide bonds. The van der Waals surface area contributed by atoms with E-state index in [1.807, 2.05) is 18.7 Å². The Morgan fingerprint density at radius 3 is 2.67 bits per heavy atom. The summed E-state index contributed by atoms with van der Waals surface area (Å²) in [6, 6.07) is 0.275. The molecule has 0 aliphatic rings. The summed E-state index contributed by atoms with van der Waals surface area (Å²) in [7, 11) is 0. The molecule has 1 aromatic rings. The zero-order chi connectivity index (χ0) is 11.4. The minimum atomic E-state index is 0.0677. The standard InChI is InChI=1S/C11H19N3O/c1-5-8(3)14(6-2)11(15)10-7-12-13-9(10)4/h7-8H,5-6H2,1-4H3,(H,12,13). The lowest BCUT2D eigenvalue weighted by Crippen LogP contribution is -2.38. The molecule has 0 bridgehead atoms.